The molecule has 2 amide bonds. The molecule has 5 rings (SSSR count). The largest absolute Gasteiger partial charge is 0.421 e. The third-order valence-electron chi connectivity index (χ3n) is 6.12. The first-order valence-corrected chi connectivity index (χ1v) is 11.8. The monoisotopic (exact) mass is 502 g/mol. The van der Waals surface area contributed by atoms with Crippen molar-refractivity contribution in [2.24, 2.45) is 7.05 Å². The molecule has 1 aromatic heterocycles. The van der Waals surface area contributed by atoms with Gasteiger partial charge in [-0.25, -0.2) is 9.69 Å². The number of aromatic nitrogens is 1. The summed E-state index contributed by atoms with van der Waals surface area (Å²) in [5.74, 6) is -2.48. The van der Waals surface area contributed by atoms with Crippen LogP contribution in [0.15, 0.2) is 120 Å². The molecule has 0 aliphatic rings. The quantitative estimate of drug-likeness (QED) is 0.242. The topological polar surface area (TPSA) is 85.7 Å². The molecule has 0 radical (unpaired) electrons. The number of amides is 2. The lowest BCUT2D eigenvalue weighted by molar-refractivity contribution is 0.0734. The minimum atomic E-state index is -0.910. The van der Waals surface area contributed by atoms with E-state index in [1.807, 2.05) is 0 Å². The van der Waals surface area contributed by atoms with E-state index in [9.17, 15) is 19.2 Å². The van der Waals surface area contributed by atoms with Gasteiger partial charge in [-0.3, -0.25) is 14.4 Å². The molecule has 0 spiro atoms. The van der Waals surface area contributed by atoms with Crippen LogP contribution in [0.4, 0.5) is 5.69 Å². The smallest absolute Gasteiger partial charge is 0.343 e. The van der Waals surface area contributed by atoms with Crippen molar-refractivity contribution in [3.8, 4) is 5.75 Å². The summed E-state index contributed by atoms with van der Waals surface area (Å²) in [6, 6.07) is 31.7. The fraction of sp³-hybridized carbons (Fsp3) is 0.0323. The second-order valence-electron chi connectivity index (χ2n) is 8.49. The van der Waals surface area contributed by atoms with E-state index < -0.39 is 28.9 Å². The number of para-hydroxylation sites is 2. The lowest BCUT2D eigenvalue weighted by Crippen LogP contribution is -2.41. The van der Waals surface area contributed by atoms with Crippen molar-refractivity contribution in [1.82, 2.24) is 4.57 Å². The van der Waals surface area contributed by atoms with E-state index in [2.05, 4.69) is 0 Å². The molecule has 5 aromatic rings. The van der Waals surface area contributed by atoms with Crippen LogP contribution in [-0.2, 0) is 7.05 Å². The van der Waals surface area contributed by atoms with Gasteiger partial charge in [0.15, 0.2) is 5.75 Å². The maximum atomic E-state index is 14.2. The average Bonchev–Trinajstić information content (AvgIpc) is 2.97. The molecular formula is C31H22N2O5. The number of carbonyl (C=O) groups excluding carboxylic acids is 3. The van der Waals surface area contributed by atoms with Crippen molar-refractivity contribution in [3.63, 3.8) is 0 Å². The maximum Gasteiger partial charge on any atom is 0.343 e. The van der Waals surface area contributed by atoms with Crippen LogP contribution in [0, 0.1) is 0 Å². The Balaban J connectivity index is 1.73. The van der Waals surface area contributed by atoms with Gasteiger partial charge >= 0.3 is 5.97 Å². The first-order chi connectivity index (χ1) is 18.5. The number of hydrogen-bond donors (Lipinski definition) is 0. The Morgan fingerprint density at radius 1 is 0.658 bits per heavy atom. The van der Waals surface area contributed by atoms with Crippen LogP contribution in [0.1, 0.15) is 31.1 Å². The highest BCUT2D eigenvalue weighted by Crippen LogP contribution is 2.31. The fourth-order valence-corrected chi connectivity index (χ4v) is 4.21. The summed E-state index contributed by atoms with van der Waals surface area (Å²) < 4.78 is 7.07. The molecule has 7 nitrogen and oxygen atoms in total. The van der Waals surface area contributed by atoms with E-state index in [1.54, 1.807) is 115 Å². The van der Waals surface area contributed by atoms with Gasteiger partial charge in [-0.2, -0.15) is 0 Å². The third kappa shape index (κ3) is 4.49. The highest BCUT2D eigenvalue weighted by molar-refractivity contribution is 6.27. The summed E-state index contributed by atoms with van der Waals surface area (Å²) in [5, 5.41) is 0.377. The van der Waals surface area contributed by atoms with Crippen LogP contribution in [0.2, 0.25) is 0 Å². The number of fused-ring (bicyclic) bond motifs is 1. The van der Waals surface area contributed by atoms with E-state index in [0.717, 1.165) is 4.90 Å². The number of ether oxygens (including phenoxy) is 1. The van der Waals surface area contributed by atoms with Crippen molar-refractivity contribution in [2.45, 2.75) is 0 Å². The predicted octanol–water partition coefficient (Wildman–Crippen LogP) is 5.24. The standard InChI is InChI=1S/C31H22N2O5/c1-32-25-20-12-11-19-24(25)27(38-31(37)22-15-7-3-8-16-22)26(29(32)35)30(36)33(23-17-9-4-10-18-23)28(34)21-13-5-2-6-14-21/h2-20H,1H3. The van der Waals surface area contributed by atoms with Gasteiger partial charge in [0, 0.05) is 18.0 Å². The van der Waals surface area contributed by atoms with E-state index in [0.29, 0.717) is 10.9 Å². The first-order valence-electron chi connectivity index (χ1n) is 11.8. The summed E-state index contributed by atoms with van der Waals surface area (Å²) in [5.41, 5.74) is 0.100. The summed E-state index contributed by atoms with van der Waals surface area (Å²) in [4.78, 5) is 55.6. The first kappa shape index (κ1) is 24.4. The van der Waals surface area contributed by atoms with Crippen molar-refractivity contribution >= 4 is 34.4 Å². The van der Waals surface area contributed by atoms with E-state index in [4.69, 9.17) is 4.74 Å². The normalized spacial score (nSPS) is 10.7. The van der Waals surface area contributed by atoms with Crippen molar-refractivity contribution in [3.05, 3.63) is 142 Å². The average molecular weight is 503 g/mol. The highest BCUT2D eigenvalue weighted by Gasteiger charge is 2.33. The summed E-state index contributed by atoms with van der Waals surface area (Å²) in [7, 11) is 1.52. The van der Waals surface area contributed by atoms with E-state index in [-0.39, 0.29) is 22.6 Å². The highest BCUT2D eigenvalue weighted by atomic mass is 16.5. The number of imide groups is 1. The number of hydrogen-bond acceptors (Lipinski definition) is 5. The number of aryl methyl sites for hydroxylation is 1. The van der Waals surface area contributed by atoms with Gasteiger partial charge in [-0.05, 0) is 48.5 Å². The Morgan fingerprint density at radius 2 is 1.18 bits per heavy atom. The van der Waals surface area contributed by atoms with Gasteiger partial charge in [0.25, 0.3) is 17.4 Å². The number of anilines is 1. The number of nitrogens with zero attached hydrogens (tertiary/aromatic N) is 2. The van der Waals surface area contributed by atoms with Gasteiger partial charge in [0.05, 0.1) is 16.8 Å². The number of rotatable bonds is 5. The molecule has 1 heterocycles. The lowest BCUT2D eigenvalue weighted by Gasteiger charge is -2.23. The van der Waals surface area contributed by atoms with Gasteiger partial charge < -0.3 is 9.30 Å². The van der Waals surface area contributed by atoms with Gasteiger partial charge in [-0.15, -0.1) is 0 Å². The van der Waals surface area contributed by atoms with Gasteiger partial charge in [0.1, 0.15) is 5.56 Å². The Labute approximate surface area is 218 Å². The molecule has 7 heteroatoms. The Bertz CT molecular complexity index is 1710. The van der Waals surface area contributed by atoms with Gasteiger partial charge in [-0.1, -0.05) is 66.7 Å². The maximum absolute atomic E-state index is 14.2. The van der Waals surface area contributed by atoms with Crippen LogP contribution in [-0.4, -0.2) is 22.4 Å². The SMILES string of the molecule is Cn1c(=O)c(C(=O)N(C(=O)c2ccccc2)c2ccccc2)c(OC(=O)c2ccccc2)c2ccccc21. The molecule has 0 atom stereocenters. The molecule has 0 N–H and O–H groups in total. The minimum absolute atomic E-state index is 0.204. The second kappa shape index (κ2) is 10.4. The fourth-order valence-electron chi connectivity index (χ4n) is 4.21. The van der Waals surface area contributed by atoms with Crippen molar-refractivity contribution in [1.29, 1.82) is 0 Å². The Kier molecular flexibility index (Phi) is 6.65. The zero-order chi connectivity index (χ0) is 26.6. The molecule has 0 fully saturated rings. The molecule has 4 aromatic carbocycles. The Hall–Kier alpha value is -5.30. The van der Waals surface area contributed by atoms with Crippen molar-refractivity contribution in [2.75, 3.05) is 4.90 Å². The molecule has 38 heavy (non-hydrogen) atoms. The van der Waals surface area contributed by atoms with Crippen LogP contribution in [0.5, 0.6) is 5.75 Å². The number of pyridine rings is 1. The molecule has 186 valence electrons. The molecule has 0 aliphatic carbocycles. The zero-order valence-electron chi connectivity index (χ0n) is 20.4. The predicted molar refractivity (Wildman–Crippen MR) is 145 cm³/mol. The third-order valence-corrected chi connectivity index (χ3v) is 6.12. The van der Waals surface area contributed by atoms with Crippen LogP contribution < -0.4 is 15.2 Å². The number of carbonyl (C=O) groups is 3. The van der Waals surface area contributed by atoms with Crippen LogP contribution in [0.3, 0.4) is 0 Å². The summed E-state index contributed by atoms with van der Waals surface area (Å²) >= 11 is 0. The molecule has 0 bridgehead atoms. The molecule has 0 saturated heterocycles. The van der Waals surface area contributed by atoms with Crippen LogP contribution >= 0.6 is 0 Å². The van der Waals surface area contributed by atoms with E-state index in [1.165, 1.54) is 11.6 Å². The van der Waals surface area contributed by atoms with E-state index >= 15 is 0 Å². The summed E-state index contributed by atoms with van der Waals surface area (Å²) in [6.45, 7) is 0. The summed E-state index contributed by atoms with van der Waals surface area (Å²) in [6.07, 6.45) is 0. The molecule has 0 aliphatic heterocycles. The number of benzene rings is 4. The Morgan fingerprint density at radius 3 is 1.82 bits per heavy atom. The van der Waals surface area contributed by atoms with Crippen LogP contribution in [0.25, 0.3) is 10.9 Å². The minimum Gasteiger partial charge on any atom is -0.421 e. The molecule has 0 saturated carbocycles. The lowest BCUT2D eigenvalue weighted by atomic mass is 10.1. The van der Waals surface area contributed by atoms with Crippen molar-refractivity contribution < 1.29 is 19.1 Å². The molecule has 0 unspecified atom stereocenters. The number of esters is 1. The molecular weight excluding hydrogens is 480 g/mol. The van der Waals surface area contributed by atoms with Gasteiger partial charge in [0.2, 0.25) is 0 Å². The zero-order valence-corrected chi connectivity index (χ0v) is 20.4. The second-order valence-corrected chi connectivity index (χ2v) is 8.49.